The number of para-hydroxylation sites is 1. The van der Waals surface area contributed by atoms with E-state index in [9.17, 15) is 4.79 Å². The van der Waals surface area contributed by atoms with E-state index in [0.29, 0.717) is 19.0 Å². The van der Waals surface area contributed by atoms with E-state index in [1.807, 2.05) is 18.2 Å². The van der Waals surface area contributed by atoms with Crippen LogP contribution in [0.4, 0.5) is 0 Å². The Hall–Kier alpha value is -1.75. The summed E-state index contributed by atoms with van der Waals surface area (Å²) in [7, 11) is 3.27. The summed E-state index contributed by atoms with van der Waals surface area (Å²) in [5, 5.41) is 6.33. The van der Waals surface area contributed by atoms with Gasteiger partial charge < -0.3 is 20.1 Å². The van der Waals surface area contributed by atoms with Gasteiger partial charge in [0.15, 0.2) is 11.5 Å². The normalized spacial score (nSPS) is 13.8. The van der Waals surface area contributed by atoms with Crippen molar-refractivity contribution in [2.45, 2.75) is 38.3 Å². The highest BCUT2D eigenvalue weighted by Gasteiger charge is 2.22. The van der Waals surface area contributed by atoms with Crippen molar-refractivity contribution in [1.82, 2.24) is 10.6 Å². The Morgan fingerprint density at radius 3 is 2.76 bits per heavy atom. The predicted octanol–water partition coefficient (Wildman–Crippen LogP) is 1.85. The number of amides is 1. The fourth-order valence-electron chi connectivity index (χ4n) is 2.22. The lowest BCUT2D eigenvalue weighted by Crippen LogP contribution is -2.26. The van der Waals surface area contributed by atoms with Crippen LogP contribution in [0.2, 0.25) is 0 Å². The highest BCUT2D eigenvalue weighted by atomic mass is 16.5. The fourth-order valence-corrected chi connectivity index (χ4v) is 2.22. The van der Waals surface area contributed by atoms with E-state index in [2.05, 4.69) is 10.6 Å². The van der Waals surface area contributed by atoms with Crippen molar-refractivity contribution in [2.75, 3.05) is 20.8 Å². The third kappa shape index (κ3) is 4.93. The van der Waals surface area contributed by atoms with Gasteiger partial charge in [0.25, 0.3) is 0 Å². The van der Waals surface area contributed by atoms with Gasteiger partial charge in [0.2, 0.25) is 5.91 Å². The maximum absolute atomic E-state index is 11.5. The van der Waals surface area contributed by atoms with Crippen LogP contribution in [0.3, 0.4) is 0 Å². The molecule has 0 atom stereocenters. The molecular formula is C16H24N2O3. The van der Waals surface area contributed by atoms with E-state index < -0.39 is 0 Å². The quantitative estimate of drug-likeness (QED) is 0.682. The molecule has 1 aliphatic carbocycles. The Bertz CT molecular complexity index is 473. The molecule has 2 rings (SSSR count). The summed E-state index contributed by atoms with van der Waals surface area (Å²) in [4.78, 5) is 11.5. The van der Waals surface area contributed by atoms with Crippen molar-refractivity contribution in [2.24, 2.45) is 0 Å². The monoisotopic (exact) mass is 292 g/mol. The second-order valence-corrected chi connectivity index (χ2v) is 5.27. The minimum absolute atomic E-state index is 0.165. The standard InChI is InChI=1S/C16H24N2O3/c1-20-14-6-3-5-12(16(14)21-2)11-17-10-4-7-15(19)18-13-8-9-13/h3,5-6,13,17H,4,7-11H2,1-2H3,(H,18,19). The van der Waals surface area contributed by atoms with E-state index in [1.54, 1.807) is 14.2 Å². The van der Waals surface area contributed by atoms with E-state index in [1.165, 1.54) is 0 Å². The number of benzene rings is 1. The zero-order valence-corrected chi connectivity index (χ0v) is 12.8. The van der Waals surface area contributed by atoms with Gasteiger partial charge in [0, 0.05) is 24.6 Å². The first-order chi connectivity index (χ1) is 10.2. The van der Waals surface area contributed by atoms with E-state index in [0.717, 1.165) is 42.9 Å². The van der Waals surface area contributed by atoms with Crippen LogP contribution in [-0.2, 0) is 11.3 Å². The molecule has 1 fully saturated rings. The van der Waals surface area contributed by atoms with Gasteiger partial charge in [-0.1, -0.05) is 12.1 Å². The Morgan fingerprint density at radius 2 is 2.10 bits per heavy atom. The first-order valence-corrected chi connectivity index (χ1v) is 7.44. The molecule has 0 unspecified atom stereocenters. The van der Waals surface area contributed by atoms with Crippen LogP contribution in [0.5, 0.6) is 11.5 Å². The van der Waals surface area contributed by atoms with Crippen LogP contribution in [0.25, 0.3) is 0 Å². The van der Waals surface area contributed by atoms with Crippen molar-refractivity contribution in [1.29, 1.82) is 0 Å². The van der Waals surface area contributed by atoms with Crippen LogP contribution < -0.4 is 20.1 Å². The number of hydrogen-bond acceptors (Lipinski definition) is 4. The summed E-state index contributed by atoms with van der Waals surface area (Å²) in [6.45, 7) is 1.50. The maximum atomic E-state index is 11.5. The van der Waals surface area contributed by atoms with E-state index in [4.69, 9.17) is 9.47 Å². The smallest absolute Gasteiger partial charge is 0.220 e. The lowest BCUT2D eigenvalue weighted by molar-refractivity contribution is -0.121. The fraction of sp³-hybridized carbons (Fsp3) is 0.562. The van der Waals surface area contributed by atoms with Gasteiger partial charge >= 0.3 is 0 Å². The number of rotatable bonds is 9. The largest absolute Gasteiger partial charge is 0.493 e. The van der Waals surface area contributed by atoms with Crippen LogP contribution in [-0.4, -0.2) is 32.7 Å². The lowest BCUT2D eigenvalue weighted by atomic mass is 10.2. The molecule has 1 amide bonds. The van der Waals surface area contributed by atoms with Crippen molar-refractivity contribution >= 4 is 5.91 Å². The minimum Gasteiger partial charge on any atom is -0.493 e. The first-order valence-electron chi connectivity index (χ1n) is 7.44. The van der Waals surface area contributed by atoms with Crippen molar-refractivity contribution in [3.63, 3.8) is 0 Å². The van der Waals surface area contributed by atoms with Crippen LogP contribution >= 0.6 is 0 Å². The summed E-state index contributed by atoms with van der Waals surface area (Å²) in [5.41, 5.74) is 1.05. The van der Waals surface area contributed by atoms with Gasteiger partial charge in [-0.05, 0) is 31.9 Å². The molecule has 0 bridgehead atoms. The number of carbonyl (C=O) groups is 1. The second-order valence-electron chi connectivity index (χ2n) is 5.27. The molecule has 1 saturated carbocycles. The Balaban J connectivity index is 1.69. The molecule has 1 aromatic rings. The summed E-state index contributed by atoms with van der Waals surface area (Å²) in [5.74, 6) is 1.66. The molecule has 21 heavy (non-hydrogen) atoms. The second kappa shape index (κ2) is 7.88. The molecule has 2 N–H and O–H groups in total. The van der Waals surface area contributed by atoms with Crippen molar-refractivity contribution in [3.05, 3.63) is 23.8 Å². The number of nitrogens with one attached hydrogen (secondary N) is 2. The highest BCUT2D eigenvalue weighted by molar-refractivity contribution is 5.76. The topological polar surface area (TPSA) is 59.6 Å². The van der Waals surface area contributed by atoms with Gasteiger partial charge in [-0.2, -0.15) is 0 Å². The third-order valence-corrected chi connectivity index (χ3v) is 3.50. The molecule has 0 aromatic heterocycles. The molecule has 116 valence electrons. The predicted molar refractivity (Wildman–Crippen MR) is 81.7 cm³/mol. The molecule has 0 spiro atoms. The van der Waals surface area contributed by atoms with Gasteiger partial charge in [0.05, 0.1) is 14.2 Å². The maximum Gasteiger partial charge on any atom is 0.220 e. The Morgan fingerprint density at radius 1 is 1.29 bits per heavy atom. The van der Waals surface area contributed by atoms with Crippen LogP contribution in [0, 0.1) is 0 Å². The van der Waals surface area contributed by atoms with Gasteiger partial charge in [-0.15, -0.1) is 0 Å². The van der Waals surface area contributed by atoms with Gasteiger partial charge in [-0.25, -0.2) is 0 Å². The molecule has 1 aromatic carbocycles. The van der Waals surface area contributed by atoms with Gasteiger partial charge in [0.1, 0.15) is 0 Å². The van der Waals surface area contributed by atoms with Crippen molar-refractivity contribution in [3.8, 4) is 11.5 Å². The first kappa shape index (κ1) is 15.6. The summed E-state index contributed by atoms with van der Waals surface area (Å²) < 4.78 is 10.7. The van der Waals surface area contributed by atoms with Crippen LogP contribution in [0.15, 0.2) is 18.2 Å². The molecule has 0 aliphatic heterocycles. The lowest BCUT2D eigenvalue weighted by Gasteiger charge is -2.13. The molecule has 0 heterocycles. The third-order valence-electron chi connectivity index (χ3n) is 3.50. The van der Waals surface area contributed by atoms with Gasteiger partial charge in [-0.3, -0.25) is 4.79 Å². The zero-order chi connectivity index (χ0) is 15.1. The molecular weight excluding hydrogens is 268 g/mol. The van der Waals surface area contributed by atoms with E-state index >= 15 is 0 Å². The van der Waals surface area contributed by atoms with Crippen molar-refractivity contribution < 1.29 is 14.3 Å². The molecule has 5 nitrogen and oxygen atoms in total. The average molecular weight is 292 g/mol. The Labute approximate surface area is 126 Å². The SMILES string of the molecule is COc1cccc(CNCCCC(=O)NC2CC2)c1OC. The summed E-state index contributed by atoms with van der Waals surface area (Å²) >= 11 is 0. The molecule has 0 saturated heterocycles. The van der Waals surface area contributed by atoms with E-state index in [-0.39, 0.29) is 5.91 Å². The molecule has 5 heteroatoms. The zero-order valence-electron chi connectivity index (χ0n) is 12.8. The highest BCUT2D eigenvalue weighted by Crippen LogP contribution is 2.30. The Kier molecular flexibility index (Phi) is 5.87. The summed E-state index contributed by atoms with van der Waals surface area (Å²) in [6.07, 6.45) is 3.70. The summed E-state index contributed by atoms with van der Waals surface area (Å²) in [6, 6.07) is 6.28. The van der Waals surface area contributed by atoms with Crippen LogP contribution in [0.1, 0.15) is 31.2 Å². The average Bonchev–Trinajstić information content (AvgIpc) is 3.30. The number of carbonyl (C=O) groups excluding carboxylic acids is 1. The number of ether oxygens (including phenoxy) is 2. The number of hydrogen-bond donors (Lipinski definition) is 2. The molecule has 0 radical (unpaired) electrons. The minimum atomic E-state index is 0.165. The molecule has 1 aliphatic rings. The number of methoxy groups -OCH3 is 2.